The summed E-state index contributed by atoms with van der Waals surface area (Å²) in [5.41, 5.74) is 0. The number of nitrogens with one attached hydrogen (secondary N) is 2. The third-order valence-corrected chi connectivity index (χ3v) is 2.86. The number of aromatic nitrogens is 3. The molecular weight excluding hydrogens is 359 g/mol. The molecule has 0 saturated heterocycles. The van der Waals surface area contributed by atoms with E-state index in [-0.39, 0.29) is 30.6 Å². The summed E-state index contributed by atoms with van der Waals surface area (Å²) in [5, 5.41) is 19.5. The van der Waals surface area contributed by atoms with Crippen molar-refractivity contribution in [3.05, 3.63) is 12.2 Å². The van der Waals surface area contributed by atoms with Crippen molar-refractivity contribution in [2.75, 3.05) is 19.7 Å². The Labute approximate surface area is 129 Å². The van der Waals surface area contributed by atoms with E-state index in [0.717, 1.165) is 37.7 Å². The van der Waals surface area contributed by atoms with Gasteiger partial charge in [0.25, 0.3) is 0 Å². The van der Waals surface area contributed by atoms with Crippen LogP contribution in [0.4, 0.5) is 0 Å². The summed E-state index contributed by atoms with van der Waals surface area (Å²) in [6.45, 7) is 4.11. The van der Waals surface area contributed by atoms with Gasteiger partial charge >= 0.3 is 0 Å². The predicted octanol–water partition coefficient (Wildman–Crippen LogP) is -0.242. The zero-order chi connectivity index (χ0) is 12.8. The number of aliphatic hydroxyl groups excluding tert-OH is 1. The molecule has 0 saturated carbocycles. The molecule has 1 unspecified atom stereocenters. The molecule has 0 spiro atoms. The number of hydrogen-bond donors (Lipinski definition) is 3. The second-order valence-electron chi connectivity index (χ2n) is 4.22. The summed E-state index contributed by atoms with van der Waals surface area (Å²) in [5.74, 6) is 1.80. The van der Waals surface area contributed by atoms with Crippen LogP contribution in [-0.2, 0) is 13.0 Å². The van der Waals surface area contributed by atoms with Gasteiger partial charge in [0.1, 0.15) is 12.2 Å². The van der Waals surface area contributed by atoms with E-state index in [1.807, 2.05) is 11.6 Å². The van der Waals surface area contributed by atoms with Gasteiger partial charge in [-0.1, -0.05) is 0 Å². The van der Waals surface area contributed by atoms with Gasteiger partial charge in [-0.15, -0.1) is 24.0 Å². The van der Waals surface area contributed by atoms with Crippen LogP contribution in [0.5, 0.6) is 0 Å². The minimum Gasteiger partial charge on any atom is -0.394 e. The predicted molar refractivity (Wildman–Crippen MR) is 83.7 cm³/mol. The van der Waals surface area contributed by atoms with Crippen molar-refractivity contribution in [3.8, 4) is 0 Å². The van der Waals surface area contributed by atoms with Crippen molar-refractivity contribution >= 4 is 29.9 Å². The molecule has 1 aliphatic rings. The van der Waals surface area contributed by atoms with Gasteiger partial charge in [0, 0.05) is 19.0 Å². The zero-order valence-electron chi connectivity index (χ0n) is 11.0. The van der Waals surface area contributed by atoms with Crippen LogP contribution in [0.1, 0.15) is 19.2 Å². The Morgan fingerprint density at radius 1 is 1.63 bits per heavy atom. The van der Waals surface area contributed by atoms with Crippen molar-refractivity contribution in [3.63, 3.8) is 0 Å². The highest BCUT2D eigenvalue weighted by molar-refractivity contribution is 14.0. The fourth-order valence-electron chi connectivity index (χ4n) is 2.03. The maximum absolute atomic E-state index is 8.81. The molecule has 19 heavy (non-hydrogen) atoms. The maximum Gasteiger partial charge on any atom is 0.191 e. The molecule has 0 amide bonds. The molecule has 7 nitrogen and oxygen atoms in total. The number of hydrogen-bond acceptors (Lipinski definition) is 4. The summed E-state index contributed by atoms with van der Waals surface area (Å²) in [7, 11) is 0. The third-order valence-electron chi connectivity index (χ3n) is 2.86. The Hall–Kier alpha value is -0.900. The van der Waals surface area contributed by atoms with Gasteiger partial charge in [0.05, 0.1) is 19.7 Å². The summed E-state index contributed by atoms with van der Waals surface area (Å²) >= 11 is 0. The van der Waals surface area contributed by atoms with E-state index in [0.29, 0.717) is 12.6 Å². The van der Waals surface area contributed by atoms with Crippen molar-refractivity contribution in [1.29, 1.82) is 0 Å². The lowest BCUT2D eigenvalue weighted by Gasteiger charge is -2.25. The normalized spacial score (nSPS) is 18.4. The van der Waals surface area contributed by atoms with Gasteiger partial charge < -0.3 is 15.7 Å². The van der Waals surface area contributed by atoms with Crippen LogP contribution in [0.3, 0.4) is 0 Å². The van der Waals surface area contributed by atoms with Gasteiger partial charge in [-0.3, -0.25) is 4.99 Å². The SMILES string of the molecule is CCNC(=NCCO)NC1CCc2ncnn2C1.I. The lowest BCUT2D eigenvalue weighted by molar-refractivity contribution is 0.306. The van der Waals surface area contributed by atoms with Crippen molar-refractivity contribution in [1.82, 2.24) is 25.4 Å². The van der Waals surface area contributed by atoms with Crippen LogP contribution in [0, 0.1) is 0 Å². The fraction of sp³-hybridized carbons (Fsp3) is 0.727. The second-order valence-corrected chi connectivity index (χ2v) is 4.22. The zero-order valence-corrected chi connectivity index (χ0v) is 13.4. The van der Waals surface area contributed by atoms with E-state index >= 15 is 0 Å². The minimum atomic E-state index is 0. The number of aryl methyl sites for hydroxylation is 1. The second kappa shape index (κ2) is 8.31. The minimum absolute atomic E-state index is 0. The summed E-state index contributed by atoms with van der Waals surface area (Å²) in [4.78, 5) is 8.47. The highest BCUT2D eigenvalue weighted by atomic mass is 127. The topological polar surface area (TPSA) is 87.4 Å². The third kappa shape index (κ3) is 4.60. The van der Waals surface area contributed by atoms with Crippen LogP contribution >= 0.6 is 24.0 Å². The van der Waals surface area contributed by atoms with E-state index in [1.54, 1.807) is 6.33 Å². The first-order valence-corrected chi connectivity index (χ1v) is 6.36. The first-order valence-electron chi connectivity index (χ1n) is 6.36. The summed E-state index contributed by atoms with van der Waals surface area (Å²) in [6.07, 6.45) is 3.54. The Kier molecular flexibility index (Phi) is 7.06. The van der Waals surface area contributed by atoms with Crippen molar-refractivity contribution in [2.45, 2.75) is 32.4 Å². The lowest BCUT2D eigenvalue weighted by Crippen LogP contribution is -2.47. The molecule has 0 radical (unpaired) electrons. The van der Waals surface area contributed by atoms with Crippen LogP contribution < -0.4 is 10.6 Å². The molecule has 108 valence electrons. The van der Waals surface area contributed by atoms with E-state index in [2.05, 4.69) is 25.7 Å². The summed E-state index contributed by atoms with van der Waals surface area (Å²) in [6, 6.07) is 0.302. The van der Waals surface area contributed by atoms with Gasteiger partial charge in [0.15, 0.2) is 5.96 Å². The smallest absolute Gasteiger partial charge is 0.191 e. The molecule has 3 N–H and O–H groups in total. The van der Waals surface area contributed by atoms with Gasteiger partial charge in [-0.05, 0) is 13.3 Å². The number of fused-ring (bicyclic) bond motifs is 1. The van der Waals surface area contributed by atoms with Gasteiger partial charge in [0.2, 0.25) is 0 Å². The number of rotatable bonds is 4. The monoisotopic (exact) mass is 380 g/mol. The number of halogens is 1. The van der Waals surface area contributed by atoms with E-state index in [4.69, 9.17) is 5.11 Å². The first kappa shape index (κ1) is 16.2. The quantitative estimate of drug-likeness (QED) is 0.381. The number of aliphatic hydroxyl groups is 1. The molecule has 1 atom stereocenters. The Morgan fingerprint density at radius 2 is 2.47 bits per heavy atom. The summed E-state index contributed by atoms with van der Waals surface area (Å²) < 4.78 is 1.93. The molecule has 1 aromatic rings. The van der Waals surface area contributed by atoms with Crippen LogP contribution in [0.15, 0.2) is 11.3 Å². The van der Waals surface area contributed by atoms with Crippen molar-refractivity contribution in [2.24, 2.45) is 4.99 Å². The maximum atomic E-state index is 8.81. The largest absolute Gasteiger partial charge is 0.394 e. The number of nitrogens with zero attached hydrogens (tertiary/aromatic N) is 4. The molecule has 8 heteroatoms. The average molecular weight is 380 g/mol. The Morgan fingerprint density at radius 3 is 3.21 bits per heavy atom. The van der Waals surface area contributed by atoms with Crippen LogP contribution in [0.25, 0.3) is 0 Å². The fourth-order valence-corrected chi connectivity index (χ4v) is 2.03. The van der Waals surface area contributed by atoms with Gasteiger partial charge in [-0.2, -0.15) is 5.10 Å². The Balaban J connectivity index is 0.00000180. The van der Waals surface area contributed by atoms with E-state index in [1.165, 1.54) is 0 Å². The molecule has 2 heterocycles. The standard InChI is InChI=1S/C11H20N6O.HI/c1-2-12-11(13-5-6-18)16-9-3-4-10-14-8-15-17(10)7-9;/h8-9,18H,2-7H2,1H3,(H2,12,13,16);1H. The van der Waals surface area contributed by atoms with E-state index < -0.39 is 0 Å². The lowest BCUT2D eigenvalue weighted by atomic mass is 10.1. The van der Waals surface area contributed by atoms with Gasteiger partial charge in [-0.25, -0.2) is 9.67 Å². The molecule has 0 fully saturated rings. The molecule has 2 rings (SSSR count). The molecule has 1 aliphatic heterocycles. The Bertz CT molecular complexity index is 408. The number of aliphatic imine (C=N–C) groups is 1. The highest BCUT2D eigenvalue weighted by Crippen LogP contribution is 2.11. The molecule has 1 aromatic heterocycles. The van der Waals surface area contributed by atoms with Crippen molar-refractivity contribution < 1.29 is 5.11 Å². The molecular formula is C11H21IN6O. The number of guanidine groups is 1. The van der Waals surface area contributed by atoms with E-state index in [9.17, 15) is 0 Å². The van der Waals surface area contributed by atoms with Crippen LogP contribution in [-0.4, -0.2) is 51.6 Å². The highest BCUT2D eigenvalue weighted by Gasteiger charge is 2.20. The molecule has 0 bridgehead atoms. The molecule has 0 aromatic carbocycles. The average Bonchev–Trinajstić information content (AvgIpc) is 2.83. The first-order chi connectivity index (χ1) is 8.83. The van der Waals surface area contributed by atoms with Crippen LogP contribution in [0.2, 0.25) is 0 Å². The molecule has 0 aliphatic carbocycles.